The SMILES string of the molecule is CCNC(=NCc1cc(C)oc1C)NCCc1ccc(OC)c(OC)c1. The lowest BCUT2D eigenvalue weighted by atomic mass is 10.1. The van der Waals surface area contributed by atoms with Crippen LogP contribution >= 0.6 is 0 Å². The minimum atomic E-state index is 0.592. The molecule has 1 heterocycles. The van der Waals surface area contributed by atoms with Crippen molar-refractivity contribution in [1.82, 2.24) is 10.6 Å². The fourth-order valence-corrected chi connectivity index (χ4v) is 2.71. The average molecular weight is 359 g/mol. The summed E-state index contributed by atoms with van der Waals surface area (Å²) in [6, 6.07) is 8.01. The van der Waals surface area contributed by atoms with Crippen molar-refractivity contribution in [3.05, 3.63) is 46.9 Å². The molecular weight excluding hydrogens is 330 g/mol. The lowest BCUT2D eigenvalue weighted by Crippen LogP contribution is -2.38. The molecule has 0 saturated heterocycles. The molecule has 0 aliphatic heterocycles. The van der Waals surface area contributed by atoms with E-state index in [4.69, 9.17) is 13.9 Å². The van der Waals surface area contributed by atoms with Crippen LogP contribution in [-0.4, -0.2) is 33.3 Å². The van der Waals surface area contributed by atoms with Crippen LogP contribution in [-0.2, 0) is 13.0 Å². The van der Waals surface area contributed by atoms with Crippen LogP contribution in [0, 0.1) is 13.8 Å². The average Bonchev–Trinajstić information content (AvgIpc) is 2.96. The second-order valence-corrected chi connectivity index (χ2v) is 6.00. The molecule has 0 spiro atoms. The molecule has 0 unspecified atom stereocenters. The van der Waals surface area contributed by atoms with Crippen LogP contribution in [0.2, 0.25) is 0 Å². The van der Waals surface area contributed by atoms with Crippen LogP contribution in [0.4, 0.5) is 0 Å². The first-order valence-electron chi connectivity index (χ1n) is 8.86. The monoisotopic (exact) mass is 359 g/mol. The van der Waals surface area contributed by atoms with Crippen molar-refractivity contribution < 1.29 is 13.9 Å². The van der Waals surface area contributed by atoms with E-state index in [9.17, 15) is 0 Å². The van der Waals surface area contributed by atoms with Crippen LogP contribution in [0.25, 0.3) is 0 Å². The molecule has 6 nitrogen and oxygen atoms in total. The molecule has 0 radical (unpaired) electrons. The third-order valence-electron chi connectivity index (χ3n) is 4.05. The van der Waals surface area contributed by atoms with Gasteiger partial charge in [0, 0.05) is 18.7 Å². The van der Waals surface area contributed by atoms with E-state index in [0.29, 0.717) is 6.54 Å². The zero-order valence-electron chi connectivity index (χ0n) is 16.3. The number of aryl methyl sites for hydroxylation is 2. The van der Waals surface area contributed by atoms with E-state index in [-0.39, 0.29) is 0 Å². The van der Waals surface area contributed by atoms with E-state index in [1.165, 1.54) is 5.56 Å². The van der Waals surface area contributed by atoms with Crippen molar-refractivity contribution in [2.45, 2.75) is 33.7 Å². The summed E-state index contributed by atoms with van der Waals surface area (Å²) in [7, 11) is 3.29. The van der Waals surface area contributed by atoms with Crippen molar-refractivity contribution in [1.29, 1.82) is 0 Å². The van der Waals surface area contributed by atoms with Gasteiger partial charge in [0.15, 0.2) is 17.5 Å². The molecule has 2 aromatic rings. The zero-order valence-corrected chi connectivity index (χ0v) is 16.3. The van der Waals surface area contributed by atoms with Crippen molar-refractivity contribution in [3.8, 4) is 11.5 Å². The number of benzene rings is 1. The van der Waals surface area contributed by atoms with Gasteiger partial charge in [-0.1, -0.05) is 6.07 Å². The highest BCUT2D eigenvalue weighted by atomic mass is 16.5. The molecule has 6 heteroatoms. The van der Waals surface area contributed by atoms with Gasteiger partial charge in [-0.05, 0) is 51.0 Å². The van der Waals surface area contributed by atoms with E-state index in [0.717, 1.165) is 54.1 Å². The van der Waals surface area contributed by atoms with Gasteiger partial charge in [-0.15, -0.1) is 0 Å². The third-order valence-corrected chi connectivity index (χ3v) is 4.05. The number of hydrogen-bond acceptors (Lipinski definition) is 4. The van der Waals surface area contributed by atoms with Crippen LogP contribution in [0.3, 0.4) is 0 Å². The van der Waals surface area contributed by atoms with Gasteiger partial charge < -0.3 is 24.5 Å². The number of methoxy groups -OCH3 is 2. The van der Waals surface area contributed by atoms with Crippen molar-refractivity contribution in [2.75, 3.05) is 27.3 Å². The van der Waals surface area contributed by atoms with E-state index in [1.54, 1.807) is 14.2 Å². The molecule has 0 amide bonds. The smallest absolute Gasteiger partial charge is 0.191 e. The Kier molecular flexibility index (Phi) is 7.38. The first-order chi connectivity index (χ1) is 12.6. The molecular formula is C20H29N3O3. The highest BCUT2D eigenvalue weighted by Gasteiger charge is 2.06. The number of nitrogens with one attached hydrogen (secondary N) is 2. The molecule has 1 aromatic carbocycles. The molecule has 26 heavy (non-hydrogen) atoms. The number of guanidine groups is 1. The molecule has 2 N–H and O–H groups in total. The van der Waals surface area contributed by atoms with Gasteiger partial charge in [0.2, 0.25) is 0 Å². The highest BCUT2D eigenvalue weighted by Crippen LogP contribution is 2.27. The largest absolute Gasteiger partial charge is 0.493 e. The Labute approximate surface area is 155 Å². The normalized spacial score (nSPS) is 11.3. The summed E-state index contributed by atoms with van der Waals surface area (Å²) in [4.78, 5) is 4.64. The highest BCUT2D eigenvalue weighted by molar-refractivity contribution is 5.79. The standard InChI is InChI=1S/C20H29N3O3/c1-6-21-20(23-13-17-11-14(2)26-15(17)3)22-10-9-16-7-8-18(24-4)19(12-16)25-5/h7-8,11-12H,6,9-10,13H2,1-5H3,(H2,21,22,23). The third kappa shape index (κ3) is 5.44. The van der Waals surface area contributed by atoms with Crippen molar-refractivity contribution in [2.24, 2.45) is 4.99 Å². The summed E-state index contributed by atoms with van der Waals surface area (Å²) in [5, 5.41) is 6.64. The van der Waals surface area contributed by atoms with Gasteiger partial charge >= 0.3 is 0 Å². The topological polar surface area (TPSA) is 68.0 Å². The molecule has 0 fully saturated rings. The second-order valence-electron chi connectivity index (χ2n) is 6.00. The van der Waals surface area contributed by atoms with E-state index < -0.39 is 0 Å². The minimum Gasteiger partial charge on any atom is -0.493 e. The summed E-state index contributed by atoms with van der Waals surface area (Å²) >= 11 is 0. The quantitative estimate of drug-likeness (QED) is 0.560. The number of aliphatic imine (C=N–C) groups is 1. The molecule has 0 saturated carbocycles. The predicted molar refractivity (Wildman–Crippen MR) is 104 cm³/mol. The Bertz CT molecular complexity index is 738. The van der Waals surface area contributed by atoms with E-state index in [2.05, 4.69) is 22.5 Å². The Hall–Kier alpha value is -2.63. The first-order valence-corrected chi connectivity index (χ1v) is 8.86. The van der Waals surface area contributed by atoms with Gasteiger partial charge in [0.05, 0.1) is 20.8 Å². The lowest BCUT2D eigenvalue weighted by Gasteiger charge is -2.12. The number of hydrogen-bond donors (Lipinski definition) is 2. The van der Waals surface area contributed by atoms with Crippen LogP contribution in [0.15, 0.2) is 33.7 Å². The predicted octanol–water partition coefficient (Wildman–Crippen LogP) is 3.21. The number of ether oxygens (including phenoxy) is 2. The Balaban J connectivity index is 1.93. The molecule has 1 aromatic heterocycles. The number of furan rings is 1. The van der Waals surface area contributed by atoms with Crippen molar-refractivity contribution >= 4 is 5.96 Å². The minimum absolute atomic E-state index is 0.592. The van der Waals surface area contributed by atoms with Crippen molar-refractivity contribution in [3.63, 3.8) is 0 Å². The maximum atomic E-state index is 5.55. The molecule has 0 atom stereocenters. The Morgan fingerprint density at radius 3 is 2.46 bits per heavy atom. The summed E-state index contributed by atoms with van der Waals surface area (Å²) in [6.07, 6.45) is 0.856. The second kappa shape index (κ2) is 9.75. The van der Waals surface area contributed by atoms with E-state index in [1.807, 2.05) is 38.1 Å². The van der Waals surface area contributed by atoms with Gasteiger partial charge in [-0.2, -0.15) is 0 Å². The summed E-state index contributed by atoms with van der Waals surface area (Å²) in [5.41, 5.74) is 2.28. The van der Waals surface area contributed by atoms with Gasteiger partial charge in [-0.3, -0.25) is 0 Å². The Morgan fingerprint density at radius 2 is 1.85 bits per heavy atom. The van der Waals surface area contributed by atoms with Gasteiger partial charge in [-0.25, -0.2) is 4.99 Å². The summed E-state index contributed by atoms with van der Waals surface area (Å²) in [5.74, 6) is 4.12. The summed E-state index contributed by atoms with van der Waals surface area (Å²) < 4.78 is 16.2. The van der Waals surface area contributed by atoms with Gasteiger partial charge in [0.25, 0.3) is 0 Å². The lowest BCUT2D eigenvalue weighted by molar-refractivity contribution is 0.354. The Morgan fingerprint density at radius 1 is 1.08 bits per heavy atom. The first kappa shape index (κ1) is 19.7. The van der Waals surface area contributed by atoms with Gasteiger partial charge in [0.1, 0.15) is 11.5 Å². The molecule has 2 rings (SSSR count). The molecule has 0 aliphatic rings. The number of rotatable bonds is 8. The fourth-order valence-electron chi connectivity index (χ4n) is 2.71. The summed E-state index contributed by atoms with van der Waals surface area (Å²) in [6.45, 7) is 8.14. The molecule has 0 bridgehead atoms. The number of nitrogens with zero attached hydrogens (tertiary/aromatic N) is 1. The molecule has 142 valence electrons. The van der Waals surface area contributed by atoms with Crippen LogP contribution in [0.1, 0.15) is 29.6 Å². The van der Waals surface area contributed by atoms with Crippen LogP contribution in [0.5, 0.6) is 11.5 Å². The molecule has 0 aliphatic carbocycles. The fraction of sp³-hybridized carbons (Fsp3) is 0.450. The zero-order chi connectivity index (χ0) is 18.9. The van der Waals surface area contributed by atoms with E-state index >= 15 is 0 Å². The van der Waals surface area contributed by atoms with Crippen LogP contribution < -0.4 is 20.1 Å². The maximum Gasteiger partial charge on any atom is 0.191 e. The maximum absolute atomic E-state index is 5.55.